The highest BCUT2D eigenvalue weighted by Gasteiger charge is 2.50. The van der Waals surface area contributed by atoms with Crippen LogP contribution in [0, 0.1) is 17.8 Å². The van der Waals surface area contributed by atoms with Gasteiger partial charge in [0.1, 0.15) is 0 Å². The van der Waals surface area contributed by atoms with Crippen molar-refractivity contribution in [2.75, 3.05) is 0 Å². The first-order valence-electron chi connectivity index (χ1n) is 5.09. The Labute approximate surface area is 90.8 Å². The molecule has 0 saturated heterocycles. The van der Waals surface area contributed by atoms with Gasteiger partial charge in [-0.3, -0.25) is 0 Å². The van der Waals surface area contributed by atoms with Crippen molar-refractivity contribution in [1.82, 2.24) is 0 Å². The number of halogens is 1. The second-order valence-corrected chi connectivity index (χ2v) is 7.52. The quantitative estimate of drug-likeness (QED) is 0.658. The highest BCUT2D eigenvalue weighted by atomic mass is 127. The van der Waals surface area contributed by atoms with Gasteiger partial charge in [-0.05, 0) is 77.5 Å². The van der Waals surface area contributed by atoms with Crippen LogP contribution in [0.5, 0.6) is 0 Å². The first-order chi connectivity index (χ1) is 5.80. The molecular formula is C10H15IS. The topological polar surface area (TPSA) is 0 Å². The molecule has 0 amide bonds. The molecule has 4 bridgehead atoms. The molecule has 0 spiro atoms. The molecule has 0 atom stereocenters. The van der Waals surface area contributed by atoms with Crippen molar-refractivity contribution in [2.45, 2.75) is 43.3 Å². The molecule has 0 heterocycles. The Kier molecular flexibility index (Phi) is 1.95. The maximum atomic E-state index is 2.55. The van der Waals surface area contributed by atoms with E-state index in [2.05, 4.69) is 30.1 Å². The van der Waals surface area contributed by atoms with Gasteiger partial charge in [0.25, 0.3) is 0 Å². The molecule has 4 fully saturated rings. The van der Waals surface area contributed by atoms with E-state index in [1.807, 2.05) is 0 Å². The summed E-state index contributed by atoms with van der Waals surface area (Å²) >= 11 is 2.55. The van der Waals surface area contributed by atoms with E-state index in [-0.39, 0.29) is 0 Å². The lowest BCUT2D eigenvalue weighted by atomic mass is 9.56. The summed E-state index contributed by atoms with van der Waals surface area (Å²) in [6.07, 6.45) is 9.38. The molecule has 0 aromatic carbocycles. The summed E-state index contributed by atoms with van der Waals surface area (Å²) in [4.78, 5) is 0. The van der Waals surface area contributed by atoms with Crippen LogP contribution in [0.15, 0.2) is 0 Å². The van der Waals surface area contributed by atoms with E-state index in [1.54, 1.807) is 38.5 Å². The first-order valence-corrected chi connectivity index (χ1v) is 8.45. The van der Waals surface area contributed by atoms with E-state index >= 15 is 0 Å². The molecule has 0 aromatic rings. The summed E-state index contributed by atoms with van der Waals surface area (Å²) in [5, 5.41) is 0. The van der Waals surface area contributed by atoms with Crippen LogP contribution >= 0.6 is 30.1 Å². The molecule has 0 aliphatic heterocycles. The molecule has 4 aliphatic rings. The largest absolute Gasteiger partial charge is 0.0825 e. The summed E-state index contributed by atoms with van der Waals surface area (Å²) in [5.41, 5.74) is 0. The predicted molar refractivity (Wildman–Crippen MR) is 62.5 cm³/mol. The first kappa shape index (κ1) is 8.39. The van der Waals surface area contributed by atoms with Crippen LogP contribution in [0.1, 0.15) is 38.5 Å². The molecule has 0 unspecified atom stereocenters. The summed E-state index contributed by atoms with van der Waals surface area (Å²) < 4.78 is 0.745. The SMILES string of the molecule is ISC12CC3CC(CC(C3)C1)C2. The van der Waals surface area contributed by atoms with Gasteiger partial charge in [-0.15, -0.1) is 0 Å². The van der Waals surface area contributed by atoms with Crippen LogP contribution in [0.2, 0.25) is 0 Å². The maximum absolute atomic E-state index is 2.55. The fraction of sp³-hybridized carbons (Fsp3) is 1.00. The highest BCUT2D eigenvalue weighted by Crippen LogP contribution is 2.61. The van der Waals surface area contributed by atoms with Crippen molar-refractivity contribution >= 4 is 30.1 Å². The Balaban J connectivity index is 1.90. The maximum Gasteiger partial charge on any atom is 0.0268 e. The van der Waals surface area contributed by atoms with E-state index in [1.165, 1.54) is 0 Å². The lowest BCUT2D eigenvalue weighted by Crippen LogP contribution is -2.47. The Morgan fingerprint density at radius 2 is 1.33 bits per heavy atom. The van der Waals surface area contributed by atoms with E-state index in [9.17, 15) is 0 Å². The minimum Gasteiger partial charge on any atom is -0.0825 e. The van der Waals surface area contributed by atoms with Crippen molar-refractivity contribution in [3.63, 3.8) is 0 Å². The predicted octanol–water partition coefficient (Wildman–Crippen LogP) is 4.04. The highest BCUT2D eigenvalue weighted by molar-refractivity contribution is 14.2. The average molecular weight is 294 g/mol. The van der Waals surface area contributed by atoms with Crippen molar-refractivity contribution in [1.29, 1.82) is 0 Å². The molecular weight excluding hydrogens is 279 g/mol. The molecule has 4 saturated carbocycles. The van der Waals surface area contributed by atoms with Gasteiger partial charge < -0.3 is 0 Å². The van der Waals surface area contributed by atoms with Crippen molar-refractivity contribution in [2.24, 2.45) is 17.8 Å². The fourth-order valence-electron chi connectivity index (χ4n) is 4.13. The molecule has 0 radical (unpaired) electrons. The summed E-state index contributed by atoms with van der Waals surface area (Å²) in [5.74, 6) is 3.37. The van der Waals surface area contributed by atoms with Crippen LogP contribution < -0.4 is 0 Å². The molecule has 4 rings (SSSR count). The molecule has 0 aromatic heterocycles. The van der Waals surface area contributed by atoms with Crippen molar-refractivity contribution < 1.29 is 0 Å². The van der Waals surface area contributed by atoms with Crippen LogP contribution in [0.25, 0.3) is 0 Å². The molecule has 12 heavy (non-hydrogen) atoms. The van der Waals surface area contributed by atoms with Gasteiger partial charge in [-0.2, -0.15) is 0 Å². The van der Waals surface area contributed by atoms with E-state index < -0.39 is 0 Å². The Bertz CT molecular complexity index is 167. The Morgan fingerprint density at radius 1 is 0.917 bits per heavy atom. The standard InChI is InChI=1S/C10H15IS/c11-12-10-4-7-1-8(5-10)3-9(2-7)6-10/h7-9H,1-6H2. The van der Waals surface area contributed by atoms with Gasteiger partial charge in [-0.1, -0.05) is 8.93 Å². The zero-order valence-electron chi connectivity index (χ0n) is 7.26. The fourth-order valence-corrected chi connectivity index (χ4v) is 6.64. The van der Waals surface area contributed by atoms with Gasteiger partial charge >= 0.3 is 0 Å². The van der Waals surface area contributed by atoms with Crippen LogP contribution in [-0.4, -0.2) is 4.75 Å². The van der Waals surface area contributed by atoms with E-state index in [4.69, 9.17) is 0 Å². The monoisotopic (exact) mass is 294 g/mol. The zero-order chi connectivity index (χ0) is 8.18. The number of rotatable bonds is 1. The van der Waals surface area contributed by atoms with Gasteiger partial charge in [0.15, 0.2) is 0 Å². The van der Waals surface area contributed by atoms with Gasteiger partial charge in [0, 0.05) is 4.75 Å². The smallest absolute Gasteiger partial charge is 0.0268 e. The van der Waals surface area contributed by atoms with Crippen LogP contribution in [0.4, 0.5) is 0 Å². The Morgan fingerprint density at radius 3 is 1.67 bits per heavy atom. The third kappa shape index (κ3) is 1.17. The third-order valence-corrected chi connectivity index (χ3v) is 7.78. The van der Waals surface area contributed by atoms with Crippen LogP contribution in [-0.2, 0) is 0 Å². The van der Waals surface area contributed by atoms with Gasteiger partial charge in [-0.25, -0.2) is 0 Å². The summed E-state index contributed by atoms with van der Waals surface area (Å²) in [6.45, 7) is 0. The zero-order valence-corrected chi connectivity index (χ0v) is 10.2. The molecule has 2 heteroatoms. The van der Waals surface area contributed by atoms with Gasteiger partial charge in [0.05, 0.1) is 0 Å². The molecule has 4 aliphatic carbocycles. The Hall–Kier alpha value is 1.08. The van der Waals surface area contributed by atoms with Crippen LogP contribution in [0.3, 0.4) is 0 Å². The minimum absolute atomic E-state index is 0.745. The van der Waals surface area contributed by atoms with Gasteiger partial charge in [0.2, 0.25) is 0 Å². The normalized spacial score (nSPS) is 56.2. The number of hydrogen-bond donors (Lipinski definition) is 0. The molecule has 68 valence electrons. The lowest BCUT2D eigenvalue weighted by molar-refractivity contribution is 0.0391. The number of hydrogen-bond acceptors (Lipinski definition) is 1. The average Bonchev–Trinajstić information content (AvgIpc) is 2.02. The second kappa shape index (κ2) is 2.78. The molecule has 0 N–H and O–H groups in total. The summed E-state index contributed by atoms with van der Waals surface area (Å²) in [7, 11) is 2.15. The second-order valence-electron chi connectivity index (χ2n) is 5.18. The lowest BCUT2D eigenvalue weighted by Gasteiger charge is -2.55. The summed E-state index contributed by atoms with van der Waals surface area (Å²) in [6, 6.07) is 0. The van der Waals surface area contributed by atoms with E-state index in [0.29, 0.717) is 0 Å². The molecule has 0 nitrogen and oxygen atoms in total. The van der Waals surface area contributed by atoms with Crippen molar-refractivity contribution in [3.05, 3.63) is 0 Å². The minimum atomic E-state index is 0.745. The third-order valence-electron chi connectivity index (χ3n) is 4.15. The van der Waals surface area contributed by atoms with Crippen molar-refractivity contribution in [3.8, 4) is 0 Å². The van der Waals surface area contributed by atoms with E-state index in [0.717, 1.165) is 22.5 Å².